The number of rotatable bonds is 5. The maximum atomic E-state index is 11.5. The van der Waals surface area contributed by atoms with Gasteiger partial charge in [-0.25, -0.2) is 9.78 Å². The van der Waals surface area contributed by atoms with Crippen molar-refractivity contribution in [2.45, 2.75) is 13.0 Å². The minimum absolute atomic E-state index is 0.285. The SMILES string of the molecule is O=C(NCCc1ccnc(Br)c1)OCc1ccccc1. The Morgan fingerprint density at radius 3 is 2.75 bits per heavy atom. The molecule has 1 amide bonds. The molecule has 0 aliphatic heterocycles. The summed E-state index contributed by atoms with van der Waals surface area (Å²) in [5.74, 6) is 0. The summed E-state index contributed by atoms with van der Waals surface area (Å²) in [7, 11) is 0. The van der Waals surface area contributed by atoms with Gasteiger partial charge in [0.05, 0.1) is 0 Å². The summed E-state index contributed by atoms with van der Waals surface area (Å²) in [6.45, 7) is 0.817. The number of hydrogen-bond acceptors (Lipinski definition) is 3. The molecule has 0 saturated carbocycles. The van der Waals surface area contributed by atoms with E-state index >= 15 is 0 Å². The highest BCUT2D eigenvalue weighted by molar-refractivity contribution is 9.10. The van der Waals surface area contributed by atoms with Crippen molar-refractivity contribution in [2.24, 2.45) is 0 Å². The second kappa shape index (κ2) is 7.65. The van der Waals surface area contributed by atoms with Gasteiger partial charge >= 0.3 is 6.09 Å². The van der Waals surface area contributed by atoms with Crippen molar-refractivity contribution < 1.29 is 9.53 Å². The van der Waals surface area contributed by atoms with Crippen LogP contribution in [-0.2, 0) is 17.8 Å². The smallest absolute Gasteiger partial charge is 0.407 e. The molecule has 1 N–H and O–H groups in total. The van der Waals surface area contributed by atoms with Crippen LogP contribution in [0.5, 0.6) is 0 Å². The number of nitrogens with zero attached hydrogens (tertiary/aromatic N) is 1. The fourth-order valence-electron chi connectivity index (χ4n) is 1.68. The summed E-state index contributed by atoms with van der Waals surface area (Å²) in [5, 5.41) is 2.72. The molecule has 0 atom stereocenters. The van der Waals surface area contributed by atoms with Gasteiger partial charge in [0, 0.05) is 12.7 Å². The van der Waals surface area contributed by atoms with E-state index in [0.717, 1.165) is 22.2 Å². The van der Waals surface area contributed by atoms with Gasteiger partial charge < -0.3 is 10.1 Å². The fraction of sp³-hybridized carbons (Fsp3) is 0.200. The molecule has 0 bridgehead atoms. The van der Waals surface area contributed by atoms with Crippen molar-refractivity contribution in [1.82, 2.24) is 10.3 Å². The van der Waals surface area contributed by atoms with Gasteiger partial charge in [-0.1, -0.05) is 30.3 Å². The van der Waals surface area contributed by atoms with Gasteiger partial charge in [-0.15, -0.1) is 0 Å². The zero-order valence-electron chi connectivity index (χ0n) is 10.9. The maximum Gasteiger partial charge on any atom is 0.407 e. The van der Waals surface area contributed by atoms with Gasteiger partial charge in [-0.2, -0.15) is 0 Å². The molecule has 2 rings (SSSR count). The average Bonchev–Trinajstić information content (AvgIpc) is 2.46. The molecule has 1 aromatic heterocycles. The fourth-order valence-corrected chi connectivity index (χ4v) is 2.09. The lowest BCUT2D eigenvalue weighted by atomic mass is 10.2. The van der Waals surface area contributed by atoms with Crippen molar-refractivity contribution >= 4 is 22.0 Å². The normalized spacial score (nSPS) is 10.1. The standard InChI is InChI=1S/C15H15BrN2O2/c16-14-10-12(6-8-17-14)7-9-18-15(19)20-11-13-4-2-1-3-5-13/h1-6,8,10H,7,9,11H2,(H,18,19). The Morgan fingerprint density at radius 2 is 2.00 bits per heavy atom. The number of carbonyl (C=O) groups excluding carboxylic acids is 1. The third-order valence-corrected chi connectivity index (χ3v) is 3.12. The molecule has 2 aromatic rings. The van der Waals surface area contributed by atoms with Gasteiger partial charge in [0.2, 0.25) is 0 Å². The molecule has 0 aliphatic carbocycles. The van der Waals surface area contributed by atoms with Crippen LogP contribution in [0, 0.1) is 0 Å². The molecule has 0 saturated heterocycles. The summed E-state index contributed by atoms with van der Waals surface area (Å²) in [4.78, 5) is 15.6. The number of pyridine rings is 1. The van der Waals surface area contributed by atoms with E-state index in [1.165, 1.54) is 0 Å². The van der Waals surface area contributed by atoms with E-state index in [1.54, 1.807) is 6.20 Å². The van der Waals surface area contributed by atoms with Crippen LogP contribution in [0.25, 0.3) is 0 Å². The third-order valence-electron chi connectivity index (χ3n) is 2.69. The molecule has 0 unspecified atom stereocenters. The number of halogens is 1. The van der Waals surface area contributed by atoms with Gasteiger partial charge in [-0.3, -0.25) is 0 Å². The number of aromatic nitrogens is 1. The zero-order valence-corrected chi connectivity index (χ0v) is 12.5. The Hall–Kier alpha value is -1.88. The number of nitrogens with one attached hydrogen (secondary N) is 1. The Bertz CT molecular complexity index is 561. The summed E-state index contributed by atoms with van der Waals surface area (Å²) in [6, 6.07) is 13.4. The monoisotopic (exact) mass is 334 g/mol. The second-order valence-electron chi connectivity index (χ2n) is 4.23. The first-order valence-corrected chi connectivity index (χ1v) is 7.08. The molecule has 0 aliphatic rings. The number of carbonyl (C=O) groups is 1. The van der Waals surface area contributed by atoms with Crippen LogP contribution < -0.4 is 5.32 Å². The minimum Gasteiger partial charge on any atom is -0.445 e. The van der Waals surface area contributed by atoms with Crippen LogP contribution in [0.1, 0.15) is 11.1 Å². The lowest BCUT2D eigenvalue weighted by molar-refractivity contribution is 0.140. The van der Waals surface area contributed by atoms with E-state index in [-0.39, 0.29) is 6.61 Å². The highest BCUT2D eigenvalue weighted by Gasteiger charge is 2.02. The first-order chi connectivity index (χ1) is 9.74. The minimum atomic E-state index is -0.401. The third kappa shape index (κ3) is 5.01. The Kier molecular flexibility index (Phi) is 5.55. The summed E-state index contributed by atoms with van der Waals surface area (Å²) < 4.78 is 5.91. The summed E-state index contributed by atoms with van der Waals surface area (Å²) in [5.41, 5.74) is 2.08. The molecule has 5 heteroatoms. The van der Waals surface area contributed by atoms with Gasteiger partial charge in [0.15, 0.2) is 0 Å². The van der Waals surface area contributed by atoms with Crippen LogP contribution >= 0.6 is 15.9 Å². The van der Waals surface area contributed by atoms with Crippen LogP contribution in [0.2, 0.25) is 0 Å². The molecule has 0 spiro atoms. The van der Waals surface area contributed by atoms with Crippen LogP contribution in [-0.4, -0.2) is 17.6 Å². The molecule has 0 fully saturated rings. The van der Waals surface area contributed by atoms with Gasteiger partial charge in [-0.05, 0) is 45.6 Å². The van der Waals surface area contributed by atoms with Crippen LogP contribution in [0.4, 0.5) is 4.79 Å². The van der Waals surface area contributed by atoms with Crippen molar-refractivity contribution in [3.63, 3.8) is 0 Å². The first kappa shape index (κ1) is 14.5. The number of amides is 1. The van der Waals surface area contributed by atoms with Crippen molar-refractivity contribution in [3.8, 4) is 0 Å². The highest BCUT2D eigenvalue weighted by Crippen LogP contribution is 2.08. The first-order valence-electron chi connectivity index (χ1n) is 6.29. The molecular formula is C15H15BrN2O2. The molecule has 0 radical (unpaired) electrons. The molecule has 104 valence electrons. The second-order valence-corrected chi connectivity index (χ2v) is 5.04. The number of benzene rings is 1. The number of ether oxygens (including phenoxy) is 1. The lowest BCUT2D eigenvalue weighted by Gasteiger charge is -2.07. The van der Waals surface area contributed by atoms with Crippen molar-refractivity contribution in [2.75, 3.05) is 6.54 Å². The molecule has 1 aromatic carbocycles. The predicted octanol–water partition coefficient (Wildman–Crippen LogP) is 3.31. The van der Waals surface area contributed by atoms with E-state index in [1.807, 2.05) is 42.5 Å². The Labute approximate surface area is 126 Å². The van der Waals surface area contributed by atoms with E-state index in [9.17, 15) is 4.79 Å². The highest BCUT2D eigenvalue weighted by atomic mass is 79.9. The molecule has 1 heterocycles. The topological polar surface area (TPSA) is 51.2 Å². The maximum absolute atomic E-state index is 11.5. The van der Waals surface area contributed by atoms with Gasteiger partial charge in [0.1, 0.15) is 11.2 Å². The van der Waals surface area contributed by atoms with Crippen molar-refractivity contribution in [1.29, 1.82) is 0 Å². The van der Waals surface area contributed by atoms with E-state index in [2.05, 4.69) is 26.2 Å². The average molecular weight is 335 g/mol. The van der Waals surface area contributed by atoms with E-state index in [4.69, 9.17) is 4.74 Å². The van der Waals surface area contributed by atoms with Crippen LogP contribution in [0.3, 0.4) is 0 Å². The van der Waals surface area contributed by atoms with Crippen LogP contribution in [0.15, 0.2) is 53.3 Å². The Balaban J connectivity index is 1.68. The zero-order chi connectivity index (χ0) is 14.2. The quantitative estimate of drug-likeness (QED) is 0.853. The molecular weight excluding hydrogens is 320 g/mol. The van der Waals surface area contributed by atoms with E-state index < -0.39 is 6.09 Å². The lowest BCUT2D eigenvalue weighted by Crippen LogP contribution is -2.26. The largest absolute Gasteiger partial charge is 0.445 e. The molecule has 4 nitrogen and oxygen atoms in total. The summed E-state index contributed by atoms with van der Waals surface area (Å²) in [6.07, 6.45) is 2.07. The van der Waals surface area contributed by atoms with Crippen molar-refractivity contribution in [3.05, 3.63) is 64.4 Å². The van der Waals surface area contributed by atoms with E-state index in [0.29, 0.717) is 6.54 Å². The summed E-state index contributed by atoms with van der Waals surface area (Å²) >= 11 is 3.31. The predicted molar refractivity (Wildman–Crippen MR) is 80.3 cm³/mol. The number of alkyl carbamates (subject to hydrolysis) is 1. The van der Waals surface area contributed by atoms with Gasteiger partial charge in [0.25, 0.3) is 0 Å². The molecule has 20 heavy (non-hydrogen) atoms. The number of hydrogen-bond donors (Lipinski definition) is 1. The Morgan fingerprint density at radius 1 is 1.20 bits per heavy atom.